The second-order valence-electron chi connectivity index (χ2n) is 4.16. The summed E-state index contributed by atoms with van der Waals surface area (Å²) >= 11 is 0. The van der Waals surface area contributed by atoms with Crippen LogP contribution in [0, 0.1) is 6.92 Å². The van der Waals surface area contributed by atoms with E-state index in [4.69, 9.17) is 5.73 Å². The van der Waals surface area contributed by atoms with Crippen molar-refractivity contribution in [1.82, 2.24) is 19.7 Å². The average molecular weight is 283 g/mol. The zero-order valence-electron chi connectivity index (χ0n) is 11.1. The van der Waals surface area contributed by atoms with Crippen molar-refractivity contribution < 1.29 is 8.78 Å². The average Bonchev–Trinajstić information content (AvgIpc) is 2.71. The molecule has 0 aliphatic rings. The van der Waals surface area contributed by atoms with Gasteiger partial charge in [0, 0.05) is 7.05 Å². The summed E-state index contributed by atoms with van der Waals surface area (Å²) in [4.78, 5) is 8.06. The molecule has 0 aromatic carbocycles. The third kappa shape index (κ3) is 3.11. The third-order valence-electron chi connectivity index (χ3n) is 2.72. The first-order valence-corrected chi connectivity index (χ1v) is 5.87. The van der Waals surface area contributed by atoms with Crippen LogP contribution in [0.4, 0.5) is 31.9 Å². The monoisotopic (exact) mass is 283 g/mol. The minimum Gasteiger partial charge on any atom is -0.394 e. The lowest BCUT2D eigenvalue weighted by Crippen LogP contribution is -2.14. The van der Waals surface area contributed by atoms with Crippen molar-refractivity contribution in [2.24, 2.45) is 7.05 Å². The molecule has 0 atom stereocenters. The SMILES string of the molecule is Cc1c(Nc2ncc(N)c(NCC(F)F)n2)cnn1C. The van der Waals surface area contributed by atoms with Crippen LogP contribution in [-0.4, -0.2) is 32.7 Å². The zero-order chi connectivity index (χ0) is 14.7. The van der Waals surface area contributed by atoms with Crippen LogP contribution in [0.5, 0.6) is 0 Å². The van der Waals surface area contributed by atoms with Gasteiger partial charge in [-0.3, -0.25) is 4.68 Å². The van der Waals surface area contributed by atoms with E-state index < -0.39 is 13.0 Å². The van der Waals surface area contributed by atoms with E-state index in [-0.39, 0.29) is 17.5 Å². The Kier molecular flexibility index (Phi) is 3.97. The van der Waals surface area contributed by atoms with E-state index in [9.17, 15) is 8.78 Å². The molecule has 108 valence electrons. The van der Waals surface area contributed by atoms with E-state index in [2.05, 4.69) is 25.7 Å². The fourth-order valence-electron chi connectivity index (χ4n) is 1.51. The van der Waals surface area contributed by atoms with Gasteiger partial charge in [-0.1, -0.05) is 0 Å². The van der Waals surface area contributed by atoms with Gasteiger partial charge in [0.1, 0.15) is 0 Å². The molecular weight excluding hydrogens is 268 g/mol. The number of anilines is 4. The topological polar surface area (TPSA) is 93.7 Å². The van der Waals surface area contributed by atoms with E-state index >= 15 is 0 Å². The number of rotatable bonds is 5. The first-order chi connectivity index (χ1) is 9.47. The van der Waals surface area contributed by atoms with E-state index in [1.807, 2.05) is 6.92 Å². The zero-order valence-corrected chi connectivity index (χ0v) is 11.1. The number of alkyl halides is 2. The first-order valence-electron chi connectivity index (χ1n) is 5.87. The molecule has 7 nitrogen and oxygen atoms in total. The molecule has 0 unspecified atom stereocenters. The lowest BCUT2D eigenvalue weighted by atomic mass is 10.4. The van der Waals surface area contributed by atoms with Crippen LogP contribution in [0.1, 0.15) is 5.69 Å². The summed E-state index contributed by atoms with van der Waals surface area (Å²) in [7, 11) is 1.81. The molecule has 0 fully saturated rings. The fourth-order valence-corrected chi connectivity index (χ4v) is 1.51. The highest BCUT2D eigenvalue weighted by molar-refractivity contribution is 5.64. The van der Waals surface area contributed by atoms with Crippen LogP contribution in [0.3, 0.4) is 0 Å². The van der Waals surface area contributed by atoms with Crippen LogP contribution < -0.4 is 16.4 Å². The minimum absolute atomic E-state index is 0.171. The number of aromatic nitrogens is 4. The molecule has 0 aliphatic heterocycles. The molecule has 0 saturated heterocycles. The lowest BCUT2D eigenvalue weighted by molar-refractivity contribution is 0.163. The number of nitrogens with zero attached hydrogens (tertiary/aromatic N) is 4. The maximum absolute atomic E-state index is 12.2. The second kappa shape index (κ2) is 5.68. The Morgan fingerprint density at radius 1 is 1.40 bits per heavy atom. The summed E-state index contributed by atoms with van der Waals surface area (Å²) in [5.41, 5.74) is 7.46. The summed E-state index contributed by atoms with van der Waals surface area (Å²) in [5.74, 6) is 0.427. The molecule has 2 heterocycles. The van der Waals surface area contributed by atoms with Crippen molar-refractivity contribution in [2.75, 3.05) is 22.9 Å². The van der Waals surface area contributed by atoms with Gasteiger partial charge in [0.05, 0.1) is 36.0 Å². The van der Waals surface area contributed by atoms with Crippen molar-refractivity contribution in [1.29, 1.82) is 0 Å². The molecule has 2 aromatic rings. The number of nitrogens with two attached hydrogens (primary N) is 1. The summed E-state index contributed by atoms with van der Waals surface area (Å²) in [5, 5.41) is 9.50. The number of hydrogen-bond donors (Lipinski definition) is 3. The summed E-state index contributed by atoms with van der Waals surface area (Å²) in [6.07, 6.45) is 0.497. The molecule has 0 saturated carbocycles. The number of halogens is 2. The van der Waals surface area contributed by atoms with Crippen LogP contribution in [0.25, 0.3) is 0 Å². The van der Waals surface area contributed by atoms with Gasteiger partial charge in [-0.15, -0.1) is 0 Å². The first kappa shape index (κ1) is 14.0. The van der Waals surface area contributed by atoms with Crippen molar-refractivity contribution in [3.8, 4) is 0 Å². The summed E-state index contributed by atoms with van der Waals surface area (Å²) < 4.78 is 26.1. The van der Waals surface area contributed by atoms with Gasteiger partial charge in [-0.05, 0) is 6.92 Å². The second-order valence-corrected chi connectivity index (χ2v) is 4.16. The van der Waals surface area contributed by atoms with Crippen LogP contribution in [-0.2, 0) is 7.05 Å². The standard InChI is InChI=1S/C11H15F2N7/c1-6-8(4-17-20(6)2)18-11-16-3-7(14)10(19-11)15-5-9(12)13/h3-4,9H,5,14H2,1-2H3,(H2,15,16,18,19). The van der Waals surface area contributed by atoms with E-state index in [1.54, 1.807) is 17.9 Å². The van der Waals surface area contributed by atoms with Crippen LogP contribution in [0.15, 0.2) is 12.4 Å². The highest BCUT2D eigenvalue weighted by atomic mass is 19.3. The highest BCUT2D eigenvalue weighted by Gasteiger charge is 2.10. The summed E-state index contributed by atoms with van der Waals surface area (Å²) in [6, 6.07) is 0. The Morgan fingerprint density at radius 3 is 2.75 bits per heavy atom. The Hall–Kier alpha value is -2.45. The molecule has 2 aromatic heterocycles. The van der Waals surface area contributed by atoms with Gasteiger partial charge < -0.3 is 16.4 Å². The summed E-state index contributed by atoms with van der Waals surface area (Å²) in [6.45, 7) is 1.36. The number of hydrogen-bond acceptors (Lipinski definition) is 6. The van der Waals surface area contributed by atoms with Gasteiger partial charge in [-0.2, -0.15) is 10.1 Å². The predicted molar refractivity (Wildman–Crippen MR) is 72.2 cm³/mol. The lowest BCUT2D eigenvalue weighted by Gasteiger charge is -2.10. The smallest absolute Gasteiger partial charge is 0.255 e. The Bertz CT molecular complexity index is 596. The quantitative estimate of drug-likeness (QED) is 0.770. The minimum atomic E-state index is -2.48. The van der Waals surface area contributed by atoms with Gasteiger partial charge in [0.15, 0.2) is 5.82 Å². The molecule has 0 aliphatic carbocycles. The van der Waals surface area contributed by atoms with Crippen LogP contribution in [0.2, 0.25) is 0 Å². The number of aryl methyl sites for hydroxylation is 1. The van der Waals surface area contributed by atoms with Gasteiger partial charge in [-0.25, -0.2) is 13.8 Å². The third-order valence-corrected chi connectivity index (χ3v) is 2.72. The van der Waals surface area contributed by atoms with Crippen molar-refractivity contribution in [3.05, 3.63) is 18.1 Å². The highest BCUT2D eigenvalue weighted by Crippen LogP contribution is 2.20. The molecule has 20 heavy (non-hydrogen) atoms. The Morgan fingerprint density at radius 2 is 2.15 bits per heavy atom. The van der Waals surface area contributed by atoms with E-state index in [0.29, 0.717) is 0 Å². The molecular formula is C11H15F2N7. The number of nitrogens with one attached hydrogen (secondary N) is 2. The van der Waals surface area contributed by atoms with Gasteiger partial charge >= 0.3 is 0 Å². The van der Waals surface area contributed by atoms with E-state index in [1.165, 1.54) is 6.20 Å². The maximum Gasteiger partial charge on any atom is 0.255 e. The largest absolute Gasteiger partial charge is 0.394 e. The molecule has 0 bridgehead atoms. The Labute approximate surface area is 114 Å². The molecule has 2 rings (SSSR count). The Balaban J connectivity index is 2.16. The molecule has 0 spiro atoms. The van der Waals surface area contributed by atoms with Gasteiger partial charge in [0.25, 0.3) is 6.43 Å². The molecule has 0 radical (unpaired) electrons. The van der Waals surface area contributed by atoms with Gasteiger partial charge in [0.2, 0.25) is 5.95 Å². The maximum atomic E-state index is 12.2. The molecule has 9 heteroatoms. The molecule has 4 N–H and O–H groups in total. The normalized spacial score (nSPS) is 10.8. The van der Waals surface area contributed by atoms with Crippen molar-refractivity contribution in [2.45, 2.75) is 13.3 Å². The van der Waals surface area contributed by atoms with Crippen LogP contribution >= 0.6 is 0 Å². The predicted octanol–water partition coefficient (Wildman–Crippen LogP) is 1.52. The van der Waals surface area contributed by atoms with E-state index in [0.717, 1.165) is 11.4 Å². The number of nitrogen functional groups attached to an aromatic ring is 1. The van der Waals surface area contributed by atoms with Crippen molar-refractivity contribution in [3.63, 3.8) is 0 Å². The van der Waals surface area contributed by atoms with Crippen molar-refractivity contribution >= 4 is 23.1 Å². The fraction of sp³-hybridized carbons (Fsp3) is 0.364. The molecule has 0 amide bonds.